The van der Waals surface area contributed by atoms with Crippen molar-refractivity contribution >= 4 is 11.9 Å². The summed E-state index contributed by atoms with van der Waals surface area (Å²) in [4.78, 5) is 47.7. The van der Waals surface area contributed by atoms with Crippen LogP contribution in [-0.4, -0.2) is 51.5 Å². The molecule has 1 N–H and O–H groups in total. The van der Waals surface area contributed by atoms with Gasteiger partial charge in [0, 0.05) is 23.7 Å². The number of para-hydroxylation sites is 1. The highest BCUT2D eigenvalue weighted by Crippen LogP contribution is 2.34. The van der Waals surface area contributed by atoms with Crippen LogP contribution in [0.5, 0.6) is 11.5 Å². The van der Waals surface area contributed by atoms with Crippen LogP contribution in [0, 0.1) is 0 Å². The molecular weight excluding hydrogens is 536 g/mol. The molecule has 0 fully saturated rings. The van der Waals surface area contributed by atoms with Crippen molar-refractivity contribution in [3.8, 4) is 17.2 Å². The minimum Gasteiger partial charge on any atom is -0.497 e. The minimum absolute atomic E-state index is 0.183. The van der Waals surface area contributed by atoms with Crippen molar-refractivity contribution in [1.29, 1.82) is 0 Å². The van der Waals surface area contributed by atoms with Gasteiger partial charge in [0.15, 0.2) is 5.66 Å². The number of benzene rings is 3. The van der Waals surface area contributed by atoms with Crippen LogP contribution in [-0.2, 0) is 18.8 Å². The molecule has 0 bridgehead atoms. The van der Waals surface area contributed by atoms with Crippen LogP contribution in [0.4, 0.5) is 0 Å². The van der Waals surface area contributed by atoms with Crippen molar-refractivity contribution < 1.29 is 14.3 Å². The molecule has 0 saturated carbocycles. The lowest BCUT2D eigenvalue weighted by Crippen LogP contribution is -2.48. The summed E-state index contributed by atoms with van der Waals surface area (Å²) in [6.45, 7) is 2.62. The number of ether oxygens (including phenoxy) is 2. The van der Waals surface area contributed by atoms with Crippen LogP contribution in [0.25, 0.3) is 5.69 Å². The van der Waals surface area contributed by atoms with E-state index in [1.807, 2.05) is 42.2 Å². The van der Waals surface area contributed by atoms with Gasteiger partial charge in [-0.2, -0.15) is 4.68 Å². The number of hydrogen-bond donors (Lipinski definition) is 1. The Morgan fingerprint density at radius 3 is 2.36 bits per heavy atom. The zero-order valence-corrected chi connectivity index (χ0v) is 23.5. The highest BCUT2D eigenvalue weighted by molar-refractivity contribution is 6.06. The standard InChI is InChI=1S/C31H30N6O5/c1-21-17-31(37-30(40)36(29(39)35(37)18-21)24-12-8-5-9-13-24)20-34(19-23-14-15-25(41-2)16-26(23)42-3)28(33-31)32-27(38)22-10-6-4-7-11-22/h4-17H,18-20H2,1-3H3,(H,32,33,38)/t31-/m1/s1. The molecule has 42 heavy (non-hydrogen) atoms. The Labute approximate surface area is 241 Å². The Morgan fingerprint density at radius 2 is 1.67 bits per heavy atom. The highest BCUT2D eigenvalue weighted by Gasteiger charge is 2.46. The molecule has 0 radical (unpaired) electrons. The van der Waals surface area contributed by atoms with Gasteiger partial charge in [-0.1, -0.05) is 42.0 Å². The van der Waals surface area contributed by atoms with Gasteiger partial charge < -0.3 is 14.4 Å². The molecule has 1 aromatic heterocycles. The molecule has 6 rings (SSSR count). The Kier molecular flexibility index (Phi) is 6.77. The second-order valence-corrected chi connectivity index (χ2v) is 10.3. The first-order chi connectivity index (χ1) is 20.3. The Bertz CT molecular complexity index is 1840. The second-order valence-electron chi connectivity index (χ2n) is 10.3. The van der Waals surface area contributed by atoms with Gasteiger partial charge in [0.1, 0.15) is 11.5 Å². The number of fused-ring (bicyclic) bond motifs is 2. The Balaban J connectivity index is 1.47. The average molecular weight is 567 g/mol. The molecule has 11 heteroatoms. The lowest BCUT2D eigenvalue weighted by atomic mass is 10.1. The predicted octanol–water partition coefficient (Wildman–Crippen LogP) is 2.73. The van der Waals surface area contributed by atoms with E-state index in [9.17, 15) is 14.4 Å². The number of carbonyl (C=O) groups excluding carboxylic acids is 1. The van der Waals surface area contributed by atoms with Crippen LogP contribution < -0.4 is 26.2 Å². The molecular formula is C31H30N6O5. The van der Waals surface area contributed by atoms with E-state index in [0.29, 0.717) is 29.3 Å². The van der Waals surface area contributed by atoms with Crippen molar-refractivity contribution in [3.05, 3.63) is 123 Å². The number of nitrogens with zero attached hydrogens (tertiary/aromatic N) is 5. The molecule has 0 aliphatic carbocycles. The number of allylic oxidation sites excluding steroid dienone is 1. The van der Waals surface area contributed by atoms with Crippen LogP contribution in [0.2, 0.25) is 0 Å². The lowest BCUT2D eigenvalue weighted by Gasteiger charge is -2.31. The number of nitrogens with one attached hydrogen (secondary N) is 1. The molecule has 0 saturated heterocycles. The van der Waals surface area contributed by atoms with Crippen molar-refractivity contribution in [3.63, 3.8) is 0 Å². The van der Waals surface area contributed by atoms with Gasteiger partial charge >= 0.3 is 11.4 Å². The largest absolute Gasteiger partial charge is 0.497 e. The van der Waals surface area contributed by atoms with E-state index in [4.69, 9.17) is 14.5 Å². The molecule has 1 spiro atoms. The molecule has 1 amide bonds. The normalized spacial score (nSPS) is 17.5. The summed E-state index contributed by atoms with van der Waals surface area (Å²) in [6, 6.07) is 23.1. The molecule has 0 unspecified atom stereocenters. The van der Waals surface area contributed by atoms with Gasteiger partial charge in [0.2, 0.25) is 5.96 Å². The first kappa shape index (κ1) is 26.9. The number of hydrogen-bond acceptors (Lipinski definition) is 7. The molecule has 2 aliphatic heterocycles. The fourth-order valence-electron chi connectivity index (χ4n) is 5.56. The summed E-state index contributed by atoms with van der Waals surface area (Å²) in [5, 5.41) is 2.95. The van der Waals surface area contributed by atoms with E-state index in [0.717, 1.165) is 15.7 Å². The molecule has 2 aliphatic rings. The number of carbonyl (C=O) groups is 1. The maximum absolute atomic E-state index is 14.0. The molecule has 11 nitrogen and oxygen atoms in total. The van der Waals surface area contributed by atoms with Gasteiger partial charge in [0.05, 0.1) is 33.0 Å². The summed E-state index contributed by atoms with van der Waals surface area (Å²) >= 11 is 0. The van der Waals surface area contributed by atoms with Gasteiger partial charge in [-0.15, -0.1) is 0 Å². The minimum atomic E-state index is -1.28. The molecule has 4 aromatic rings. The fourth-order valence-corrected chi connectivity index (χ4v) is 5.56. The summed E-state index contributed by atoms with van der Waals surface area (Å²) in [6.07, 6.45) is 1.89. The van der Waals surface area contributed by atoms with E-state index in [-0.39, 0.29) is 25.0 Å². The van der Waals surface area contributed by atoms with Crippen LogP contribution in [0.15, 0.2) is 105 Å². The predicted molar refractivity (Wildman–Crippen MR) is 157 cm³/mol. The lowest BCUT2D eigenvalue weighted by molar-refractivity contribution is 0.0972. The number of guanidine groups is 1. The van der Waals surface area contributed by atoms with Crippen molar-refractivity contribution in [1.82, 2.24) is 24.1 Å². The Hall–Kier alpha value is -5.32. The first-order valence-corrected chi connectivity index (χ1v) is 13.4. The summed E-state index contributed by atoms with van der Waals surface area (Å²) in [5.74, 6) is 1.17. The third-order valence-electron chi connectivity index (χ3n) is 7.42. The third kappa shape index (κ3) is 4.58. The van der Waals surface area contributed by atoms with E-state index < -0.39 is 17.0 Å². The SMILES string of the molecule is COc1ccc(CN2C[C@]3(C=C(C)Cn4c(=O)n(-c5ccccc5)c(=O)n43)N=C2NC(=O)c2ccccc2)c(OC)c1. The zero-order chi connectivity index (χ0) is 29.4. The molecule has 3 heterocycles. The average Bonchev–Trinajstić information content (AvgIpc) is 3.46. The fraction of sp³-hybridized carbons (Fsp3) is 0.226. The van der Waals surface area contributed by atoms with E-state index in [1.54, 1.807) is 68.8 Å². The maximum atomic E-state index is 14.0. The van der Waals surface area contributed by atoms with E-state index in [2.05, 4.69) is 5.32 Å². The highest BCUT2D eigenvalue weighted by atomic mass is 16.5. The number of rotatable bonds is 6. The second kappa shape index (κ2) is 10.6. The van der Waals surface area contributed by atoms with Gasteiger partial charge in [-0.3, -0.25) is 10.1 Å². The quantitative estimate of drug-likeness (QED) is 0.360. The van der Waals surface area contributed by atoms with Crippen LogP contribution in [0.1, 0.15) is 22.8 Å². The number of aromatic nitrogens is 3. The maximum Gasteiger partial charge on any atom is 0.354 e. The van der Waals surface area contributed by atoms with Gasteiger partial charge in [0.25, 0.3) is 5.91 Å². The van der Waals surface area contributed by atoms with Crippen molar-refractivity contribution in [2.75, 3.05) is 20.8 Å². The van der Waals surface area contributed by atoms with Crippen molar-refractivity contribution in [2.24, 2.45) is 4.99 Å². The molecule has 1 atom stereocenters. The summed E-state index contributed by atoms with van der Waals surface area (Å²) < 4.78 is 15.0. The third-order valence-corrected chi connectivity index (χ3v) is 7.42. The number of methoxy groups -OCH3 is 2. The summed E-state index contributed by atoms with van der Waals surface area (Å²) in [7, 11) is 3.16. The molecule has 214 valence electrons. The Morgan fingerprint density at radius 1 is 0.952 bits per heavy atom. The van der Waals surface area contributed by atoms with E-state index >= 15 is 0 Å². The number of aliphatic imine (C=N–C) groups is 1. The topological polar surface area (TPSA) is 112 Å². The van der Waals surface area contributed by atoms with Gasteiger partial charge in [-0.25, -0.2) is 23.8 Å². The van der Waals surface area contributed by atoms with E-state index in [1.165, 1.54) is 9.36 Å². The number of amides is 1. The molecule has 3 aromatic carbocycles. The smallest absolute Gasteiger partial charge is 0.354 e. The van der Waals surface area contributed by atoms with Crippen LogP contribution in [0.3, 0.4) is 0 Å². The summed E-state index contributed by atoms with van der Waals surface area (Å²) in [5.41, 5.74) is 0.354. The monoisotopic (exact) mass is 566 g/mol. The van der Waals surface area contributed by atoms with Crippen molar-refractivity contribution in [2.45, 2.75) is 25.7 Å². The van der Waals surface area contributed by atoms with Crippen LogP contribution >= 0.6 is 0 Å². The first-order valence-electron chi connectivity index (χ1n) is 13.4. The zero-order valence-electron chi connectivity index (χ0n) is 23.5. The van der Waals surface area contributed by atoms with Gasteiger partial charge in [-0.05, 0) is 49.4 Å².